The molecule has 0 bridgehead atoms. The first-order valence-corrected chi connectivity index (χ1v) is 12.8. The number of likely N-dealkylation sites (N-methyl/N-ethyl adjacent to an activating group) is 1. The number of carbonyl (C=O) groups is 2. The maximum absolute atomic E-state index is 13.8. The molecule has 34 heavy (non-hydrogen) atoms. The Hall–Kier alpha value is -2.97. The van der Waals surface area contributed by atoms with Crippen LogP contribution in [0.4, 0.5) is 10.8 Å². The van der Waals surface area contributed by atoms with Crippen LogP contribution in [0.2, 0.25) is 0 Å². The van der Waals surface area contributed by atoms with Crippen molar-refractivity contribution in [2.24, 2.45) is 5.92 Å². The summed E-state index contributed by atoms with van der Waals surface area (Å²) in [7, 11) is 0. The summed E-state index contributed by atoms with van der Waals surface area (Å²) in [4.78, 5) is 37.1. The number of rotatable bonds is 10. The molecule has 2 amide bonds. The van der Waals surface area contributed by atoms with Crippen LogP contribution in [0, 0.1) is 5.92 Å². The monoisotopic (exact) mass is 480 g/mol. The summed E-state index contributed by atoms with van der Waals surface area (Å²) < 4.78 is 6.62. The van der Waals surface area contributed by atoms with Crippen LogP contribution in [0.1, 0.15) is 27.2 Å². The van der Waals surface area contributed by atoms with E-state index in [4.69, 9.17) is 9.72 Å². The highest BCUT2D eigenvalue weighted by molar-refractivity contribution is 7.22. The van der Waals surface area contributed by atoms with Crippen LogP contribution in [0.25, 0.3) is 10.2 Å². The van der Waals surface area contributed by atoms with E-state index in [0.29, 0.717) is 24.8 Å². The van der Waals surface area contributed by atoms with Crippen molar-refractivity contribution in [3.05, 3.63) is 48.5 Å². The molecule has 180 valence electrons. The fraction of sp³-hybridized carbons (Fsp3) is 0.423. The van der Waals surface area contributed by atoms with E-state index in [1.54, 1.807) is 9.80 Å². The average molecular weight is 481 g/mol. The summed E-state index contributed by atoms with van der Waals surface area (Å²) in [6, 6.07) is 15.4. The van der Waals surface area contributed by atoms with Crippen molar-refractivity contribution in [1.82, 2.24) is 9.88 Å². The van der Waals surface area contributed by atoms with Crippen LogP contribution < -0.4 is 14.5 Å². The van der Waals surface area contributed by atoms with Crippen molar-refractivity contribution in [2.75, 3.05) is 49.1 Å². The number of para-hydroxylation sites is 1. The molecule has 2 heterocycles. The number of ether oxygens (including phenoxy) is 1. The third kappa shape index (κ3) is 5.23. The standard InChI is InChI=1S/C26H32N4O3S/c1-4-28(5-2)14-15-29(26-27-22-13-12-21(33-6-3)17-23(22)34-26)25(32)19-16-24(31)30(18-19)20-10-8-7-9-11-20/h7-13,17,19H,4-6,14-16,18H2,1-3H3. The highest BCUT2D eigenvalue weighted by Crippen LogP contribution is 2.34. The molecular formula is C26H32N4O3S. The molecule has 1 aliphatic heterocycles. The Kier molecular flexibility index (Phi) is 7.80. The van der Waals surface area contributed by atoms with Crippen LogP contribution in [-0.4, -0.2) is 61.0 Å². The lowest BCUT2D eigenvalue weighted by molar-refractivity contribution is -0.124. The first kappa shape index (κ1) is 24.2. The molecule has 3 aromatic rings. The largest absolute Gasteiger partial charge is 0.494 e. The number of hydrogen-bond donors (Lipinski definition) is 0. The van der Waals surface area contributed by atoms with Gasteiger partial charge in [0.2, 0.25) is 11.8 Å². The van der Waals surface area contributed by atoms with E-state index in [2.05, 4.69) is 18.7 Å². The van der Waals surface area contributed by atoms with Gasteiger partial charge in [-0.1, -0.05) is 43.4 Å². The average Bonchev–Trinajstić information content (AvgIpc) is 3.45. The molecule has 1 fully saturated rings. The number of nitrogens with zero attached hydrogens (tertiary/aromatic N) is 4. The minimum atomic E-state index is -0.393. The highest BCUT2D eigenvalue weighted by atomic mass is 32.1. The Balaban J connectivity index is 1.60. The van der Waals surface area contributed by atoms with E-state index in [1.165, 1.54) is 11.3 Å². The van der Waals surface area contributed by atoms with Gasteiger partial charge in [-0.3, -0.25) is 14.5 Å². The molecule has 2 aromatic carbocycles. The van der Waals surface area contributed by atoms with Gasteiger partial charge in [0.25, 0.3) is 0 Å². The van der Waals surface area contributed by atoms with E-state index in [-0.39, 0.29) is 18.2 Å². The molecule has 0 spiro atoms. The SMILES string of the molecule is CCOc1ccc2nc(N(CCN(CC)CC)C(=O)C3CC(=O)N(c4ccccc4)C3)sc2c1. The summed E-state index contributed by atoms with van der Waals surface area (Å²) in [5.74, 6) is 0.350. The zero-order valence-corrected chi connectivity index (χ0v) is 20.9. The van der Waals surface area contributed by atoms with Gasteiger partial charge in [0, 0.05) is 31.7 Å². The summed E-state index contributed by atoms with van der Waals surface area (Å²) in [6.07, 6.45) is 0.217. The lowest BCUT2D eigenvalue weighted by Crippen LogP contribution is -2.42. The van der Waals surface area contributed by atoms with Crippen molar-refractivity contribution < 1.29 is 14.3 Å². The first-order valence-electron chi connectivity index (χ1n) is 12.0. The van der Waals surface area contributed by atoms with Crippen LogP contribution in [0.3, 0.4) is 0 Å². The fourth-order valence-corrected chi connectivity index (χ4v) is 5.32. The van der Waals surface area contributed by atoms with Crippen LogP contribution in [0.5, 0.6) is 5.75 Å². The van der Waals surface area contributed by atoms with Gasteiger partial charge in [0.1, 0.15) is 5.75 Å². The van der Waals surface area contributed by atoms with Crippen molar-refractivity contribution in [1.29, 1.82) is 0 Å². The maximum Gasteiger partial charge on any atom is 0.234 e. The predicted molar refractivity (Wildman–Crippen MR) is 138 cm³/mol. The van der Waals surface area contributed by atoms with Crippen molar-refractivity contribution in [2.45, 2.75) is 27.2 Å². The molecule has 4 rings (SSSR count). The molecule has 1 aliphatic rings. The zero-order chi connectivity index (χ0) is 24.1. The fourth-order valence-electron chi connectivity index (χ4n) is 4.30. The predicted octanol–water partition coefficient (Wildman–Crippen LogP) is 4.42. The number of thiazole rings is 1. The third-order valence-corrected chi connectivity index (χ3v) is 7.27. The minimum absolute atomic E-state index is 0.0149. The summed E-state index contributed by atoms with van der Waals surface area (Å²) in [5.41, 5.74) is 1.68. The molecule has 0 N–H and O–H groups in total. The quantitative estimate of drug-likeness (QED) is 0.430. The van der Waals surface area contributed by atoms with Crippen LogP contribution in [-0.2, 0) is 9.59 Å². The Labute approximate surface area is 204 Å². The van der Waals surface area contributed by atoms with E-state index in [0.717, 1.165) is 41.3 Å². The highest BCUT2D eigenvalue weighted by Gasteiger charge is 2.38. The smallest absolute Gasteiger partial charge is 0.234 e. The van der Waals surface area contributed by atoms with Crippen LogP contribution >= 0.6 is 11.3 Å². The molecule has 0 radical (unpaired) electrons. The maximum atomic E-state index is 13.8. The lowest BCUT2D eigenvalue weighted by Gasteiger charge is -2.26. The minimum Gasteiger partial charge on any atom is -0.494 e. The Morgan fingerprint density at radius 3 is 2.59 bits per heavy atom. The molecule has 7 nitrogen and oxygen atoms in total. The number of carbonyl (C=O) groups excluding carboxylic acids is 2. The van der Waals surface area contributed by atoms with Gasteiger partial charge < -0.3 is 14.5 Å². The van der Waals surface area contributed by atoms with Crippen molar-refractivity contribution >= 4 is 44.2 Å². The Morgan fingerprint density at radius 1 is 1.12 bits per heavy atom. The van der Waals surface area contributed by atoms with E-state index in [1.807, 2.05) is 55.5 Å². The lowest BCUT2D eigenvalue weighted by atomic mass is 10.1. The van der Waals surface area contributed by atoms with E-state index >= 15 is 0 Å². The third-order valence-electron chi connectivity index (χ3n) is 6.23. The second kappa shape index (κ2) is 11.0. The van der Waals surface area contributed by atoms with Crippen molar-refractivity contribution in [3.63, 3.8) is 0 Å². The molecule has 1 saturated heterocycles. The molecule has 0 saturated carbocycles. The normalized spacial score (nSPS) is 15.9. The number of benzene rings is 2. The molecular weight excluding hydrogens is 448 g/mol. The van der Waals surface area contributed by atoms with Gasteiger partial charge in [-0.15, -0.1) is 0 Å². The number of amides is 2. The zero-order valence-electron chi connectivity index (χ0n) is 20.1. The van der Waals surface area contributed by atoms with E-state index in [9.17, 15) is 9.59 Å². The summed E-state index contributed by atoms with van der Waals surface area (Å²) in [5, 5.41) is 0.673. The number of anilines is 2. The second-order valence-corrected chi connectivity index (χ2v) is 9.33. The molecule has 1 atom stereocenters. The van der Waals surface area contributed by atoms with Crippen LogP contribution in [0.15, 0.2) is 48.5 Å². The molecule has 1 unspecified atom stereocenters. The molecule has 0 aliphatic carbocycles. The summed E-state index contributed by atoms with van der Waals surface area (Å²) in [6.45, 7) is 10.3. The Bertz CT molecular complexity index is 1130. The molecule has 1 aromatic heterocycles. The van der Waals surface area contributed by atoms with Gasteiger partial charge in [-0.2, -0.15) is 0 Å². The van der Waals surface area contributed by atoms with E-state index < -0.39 is 5.92 Å². The first-order chi connectivity index (χ1) is 16.5. The Morgan fingerprint density at radius 2 is 1.88 bits per heavy atom. The van der Waals surface area contributed by atoms with Gasteiger partial charge in [0.05, 0.1) is 22.7 Å². The van der Waals surface area contributed by atoms with Gasteiger partial charge in [0.15, 0.2) is 5.13 Å². The number of fused-ring (bicyclic) bond motifs is 1. The number of hydrogen-bond acceptors (Lipinski definition) is 6. The van der Waals surface area contributed by atoms with Gasteiger partial charge in [-0.05, 0) is 50.3 Å². The topological polar surface area (TPSA) is 66.0 Å². The van der Waals surface area contributed by atoms with Crippen molar-refractivity contribution in [3.8, 4) is 5.75 Å². The summed E-state index contributed by atoms with van der Waals surface area (Å²) >= 11 is 1.49. The van der Waals surface area contributed by atoms with Gasteiger partial charge >= 0.3 is 0 Å². The molecule has 8 heteroatoms. The second-order valence-electron chi connectivity index (χ2n) is 8.32. The number of aromatic nitrogens is 1. The van der Waals surface area contributed by atoms with Gasteiger partial charge in [-0.25, -0.2) is 4.98 Å².